The summed E-state index contributed by atoms with van der Waals surface area (Å²) in [5, 5.41) is 12.0. The maximum Gasteiger partial charge on any atom is 0.141 e. The van der Waals surface area contributed by atoms with Gasteiger partial charge in [-0.05, 0) is 48.7 Å². The van der Waals surface area contributed by atoms with Crippen LogP contribution in [0.15, 0.2) is 36.4 Å². The van der Waals surface area contributed by atoms with Gasteiger partial charge in [0.25, 0.3) is 0 Å². The number of benzene rings is 2. The van der Waals surface area contributed by atoms with Crippen LogP contribution in [0.3, 0.4) is 0 Å². The summed E-state index contributed by atoms with van der Waals surface area (Å²) in [4.78, 5) is 0. The highest BCUT2D eigenvalue weighted by atomic mass is 19.1. The molecule has 0 atom stereocenters. The van der Waals surface area contributed by atoms with E-state index in [1.54, 1.807) is 6.07 Å². The third kappa shape index (κ3) is 3.11. The Bertz CT molecular complexity index is 642. The Kier molecular flexibility index (Phi) is 3.82. The lowest BCUT2D eigenvalue weighted by Crippen LogP contribution is -2.01. The largest absolute Gasteiger partial charge is 0.381 e. The Balaban J connectivity index is 2.10. The van der Waals surface area contributed by atoms with Crippen molar-refractivity contribution in [2.24, 2.45) is 0 Å². The molecule has 0 aliphatic carbocycles. The van der Waals surface area contributed by atoms with Crippen molar-refractivity contribution in [2.45, 2.75) is 20.4 Å². The summed E-state index contributed by atoms with van der Waals surface area (Å²) in [6.45, 7) is 4.80. The first-order valence-electron chi connectivity index (χ1n) is 6.10. The molecule has 19 heavy (non-hydrogen) atoms. The zero-order valence-electron chi connectivity index (χ0n) is 11.0. The molecule has 0 saturated heterocycles. The first-order valence-corrected chi connectivity index (χ1v) is 6.10. The second kappa shape index (κ2) is 5.53. The van der Waals surface area contributed by atoms with Crippen LogP contribution in [0.5, 0.6) is 0 Å². The average Bonchev–Trinajstić information content (AvgIpc) is 2.41. The number of aryl methyl sites for hydroxylation is 2. The van der Waals surface area contributed by atoms with Gasteiger partial charge in [-0.15, -0.1) is 0 Å². The second-order valence-corrected chi connectivity index (χ2v) is 4.58. The number of halogens is 1. The maximum atomic E-state index is 13.2. The van der Waals surface area contributed by atoms with Gasteiger partial charge in [0.2, 0.25) is 0 Å². The molecule has 0 unspecified atom stereocenters. The molecule has 2 aromatic carbocycles. The number of rotatable bonds is 3. The fraction of sp³-hybridized carbons (Fsp3) is 0.188. The van der Waals surface area contributed by atoms with E-state index in [4.69, 9.17) is 5.26 Å². The van der Waals surface area contributed by atoms with Gasteiger partial charge in [-0.3, -0.25) is 0 Å². The van der Waals surface area contributed by atoms with Crippen molar-refractivity contribution in [1.82, 2.24) is 0 Å². The van der Waals surface area contributed by atoms with Crippen molar-refractivity contribution < 1.29 is 4.39 Å². The summed E-state index contributed by atoms with van der Waals surface area (Å²) in [6, 6.07) is 12.6. The number of nitriles is 1. The van der Waals surface area contributed by atoms with Crippen LogP contribution in [-0.2, 0) is 6.54 Å². The minimum Gasteiger partial charge on any atom is -0.381 e. The van der Waals surface area contributed by atoms with Crippen molar-refractivity contribution in [1.29, 1.82) is 5.26 Å². The predicted molar refractivity (Wildman–Crippen MR) is 74.4 cm³/mol. The van der Waals surface area contributed by atoms with Crippen molar-refractivity contribution in [3.05, 3.63) is 64.5 Å². The summed E-state index contributed by atoms with van der Waals surface area (Å²) in [5.41, 5.74) is 4.47. The van der Waals surface area contributed by atoms with E-state index in [9.17, 15) is 4.39 Å². The molecule has 2 rings (SSSR count). The summed E-state index contributed by atoms with van der Waals surface area (Å²) in [5.74, 6) is -0.487. The van der Waals surface area contributed by atoms with Crippen LogP contribution in [-0.4, -0.2) is 0 Å². The quantitative estimate of drug-likeness (QED) is 0.900. The maximum absolute atomic E-state index is 13.2. The van der Waals surface area contributed by atoms with Crippen LogP contribution in [0.1, 0.15) is 22.3 Å². The van der Waals surface area contributed by atoms with Gasteiger partial charge in [0.15, 0.2) is 0 Å². The van der Waals surface area contributed by atoms with Gasteiger partial charge in [-0.25, -0.2) is 4.39 Å². The smallest absolute Gasteiger partial charge is 0.141 e. The molecule has 0 spiro atoms. The van der Waals surface area contributed by atoms with E-state index in [1.807, 2.05) is 6.07 Å². The number of nitrogens with zero attached hydrogens (tertiary/aromatic N) is 1. The van der Waals surface area contributed by atoms with Crippen molar-refractivity contribution in [3.8, 4) is 6.07 Å². The van der Waals surface area contributed by atoms with Crippen LogP contribution in [0.25, 0.3) is 0 Å². The first kappa shape index (κ1) is 13.1. The second-order valence-electron chi connectivity index (χ2n) is 4.58. The van der Waals surface area contributed by atoms with E-state index in [-0.39, 0.29) is 5.56 Å². The summed E-state index contributed by atoms with van der Waals surface area (Å²) >= 11 is 0. The van der Waals surface area contributed by atoms with Gasteiger partial charge in [0.05, 0.1) is 5.56 Å². The lowest BCUT2D eigenvalue weighted by atomic mass is 10.1. The molecule has 1 N–H and O–H groups in total. The standard InChI is InChI=1S/C16H15FN2/c1-11-3-4-13(7-12(11)2)10-19-15-5-6-16(17)14(8-15)9-18/h3-8,19H,10H2,1-2H3. The third-order valence-corrected chi connectivity index (χ3v) is 3.15. The summed E-state index contributed by atoms with van der Waals surface area (Å²) in [6.07, 6.45) is 0. The number of hydrogen-bond donors (Lipinski definition) is 1. The monoisotopic (exact) mass is 254 g/mol. The summed E-state index contributed by atoms with van der Waals surface area (Å²) in [7, 11) is 0. The molecule has 0 bridgehead atoms. The van der Waals surface area contributed by atoms with Gasteiger partial charge >= 0.3 is 0 Å². The molecule has 0 saturated carbocycles. The number of hydrogen-bond acceptors (Lipinski definition) is 2. The molecule has 2 nitrogen and oxygen atoms in total. The van der Waals surface area contributed by atoms with Crippen molar-refractivity contribution >= 4 is 5.69 Å². The molecule has 0 radical (unpaired) electrons. The SMILES string of the molecule is Cc1ccc(CNc2ccc(F)c(C#N)c2)cc1C. The van der Waals surface area contributed by atoms with E-state index in [0.717, 1.165) is 11.3 Å². The molecular weight excluding hydrogens is 239 g/mol. The first-order chi connectivity index (χ1) is 9.10. The molecule has 3 heteroatoms. The highest BCUT2D eigenvalue weighted by Crippen LogP contribution is 2.16. The predicted octanol–water partition coefficient (Wildman–Crippen LogP) is 3.93. The Labute approximate surface area is 112 Å². The Morgan fingerprint density at radius 2 is 1.89 bits per heavy atom. The fourth-order valence-electron chi connectivity index (χ4n) is 1.84. The van der Waals surface area contributed by atoms with Gasteiger partial charge in [-0.1, -0.05) is 18.2 Å². The molecule has 0 aromatic heterocycles. The lowest BCUT2D eigenvalue weighted by Gasteiger charge is -2.09. The molecule has 0 amide bonds. The van der Waals surface area contributed by atoms with Crippen molar-refractivity contribution in [2.75, 3.05) is 5.32 Å². The number of nitrogens with one attached hydrogen (secondary N) is 1. The zero-order valence-corrected chi connectivity index (χ0v) is 11.0. The third-order valence-electron chi connectivity index (χ3n) is 3.15. The molecule has 0 fully saturated rings. The van der Waals surface area contributed by atoms with Gasteiger partial charge in [-0.2, -0.15) is 5.26 Å². The Hall–Kier alpha value is -2.34. The topological polar surface area (TPSA) is 35.8 Å². The van der Waals surface area contributed by atoms with E-state index >= 15 is 0 Å². The highest BCUT2D eigenvalue weighted by molar-refractivity contribution is 5.50. The van der Waals surface area contributed by atoms with Crippen LogP contribution >= 0.6 is 0 Å². The lowest BCUT2D eigenvalue weighted by molar-refractivity contribution is 0.624. The Morgan fingerprint density at radius 3 is 2.58 bits per heavy atom. The molecule has 0 heterocycles. The van der Waals surface area contributed by atoms with Gasteiger partial charge < -0.3 is 5.32 Å². The highest BCUT2D eigenvalue weighted by Gasteiger charge is 2.03. The van der Waals surface area contributed by atoms with Gasteiger partial charge in [0.1, 0.15) is 11.9 Å². The average molecular weight is 254 g/mol. The molecule has 2 aromatic rings. The van der Waals surface area contributed by atoms with E-state index in [0.29, 0.717) is 6.54 Å². The van der Waals surface area contributed by atoms with E-state index in [2.05, 4.69) is 37.4 Å². The molecule has 0 aliphatic rings. The fourth-order valence-corrected chi connectivity index (χ4v) is 1.84. The van der Waals surface area contributed by atoms with Crippen LogP contribution in [0, 0.1) is 31.0 Å². The molecule has 96 valence electrons. The molecule has 0 aliphatic heterocycles. The van der Waals surface area contributed by atoms with E-state index < -0.39 is 5.82 Å². The van der Waals surface area contributed by atoms with Crippen LogP contribution in [0.4, 0.5) is 10.1 Å². The minimum atomic E-state index is -0.487. The van der Waals surface area contributed by atoms with Gasteiger partial charge in [0, 0.05) is 12.2 Å². The van der Waals surface area contributed by atoms with Crippen molar-refractivity contribution in [3.63, 3.8) is 0 Å². The number of anilines is 1. The van der Waals surface area contributed by atoms with E-state index in [1.165, 1.54) is 23.3 Å². The minimum absolute atomic E-state index is 0.0603. The normalized spacial score (nSPS) is 10.0. The Morgan fingerprint density at radius 1 is 1.11 bits per heavy atom. The zero-order chi connectivity index (χ0) is 13.8. The van der Waals surface area contributed by atoms with Crippen LogP contribution in [0.2, 0.25) is 0 Å². The summed E-state index contributed by atoms with van der Waals surface area (Å²) < 4.78 is 13.2. The molecular formula is C16H15FN2. The van der Waals surface area contributed by atoms with Crippen LogP contribution < -0.4 is 5.32 Å².